The molecule has 0 unspecified atom stereocenters. The summed E-state index contributed by atoms with van der Waals surface area (Å²) in [7, 11) is 0. The molecule has 0 atom stereocenters. The van der Waals surface area contributed by atoms with Crippen LogP contribution in [0.1, 0.15) is 0 Å². The molecule has 0 fully saturated rings. The summed E-state index contributed by atoms with van der Waals surface area (Å²) in [4.78, 5) is 18.9. The first-order chi connectivity index (χ1) is 7.33. The van der Waals surface area contributed by atoms with E-state index in [0.717, 1.165) is 0 Å². The SMILES string of the molecule is C=CCOC(=O)Oc1ccccc1.C=O. The van der Waals surface area contributed by atoms with Gasteiger partial charge in [0.2, 0.25) is 0 Å². The summed E-state index contributed by atoms with van der Waals surface area (Å²) in [6, 6.07) is 8.73. The standard InChI is InChI=1S/C10H10O3.CH2O/c1-2-8-12-10(11)13-9-6-4-3-5-7-9;1-2/h2-7H,1,8H2;1H2. The molecule has 0 saturated carbocycles. The zero-order chi connectivity index (χ0) is 11.5. The van der Waals surface area contributed by atoms with Crippen LogP contribution >= 0.6 is 0 Å². The third-order valence-electron chi connectivity index (χ3n) is 1.26. The van der Waals surface area contributed by atoms with Crippen LogP contribution in [0.15, 0.2) is 43.0 Å². The number of hydrogen-bond donors (Lipinski definition) is 0. The van der Waals surface area contributed by atoms with Crippen molar-refractivity contribution in [1.82, 2.24) is 0 Å². The fraction of sp³-hybridized carbons (Fsp3) is 0.0909. The Kier molecular flexibility index (Phi) is 7.31. The number of rotatable bonds is 3. The van der Waals surface area contributed by atoms with Crippen molar-refractivity contribution in [3.63, 3.8) is 0 Å². The molecule has 0 amide bonds. The van der Waals surface area contributed by atoms with E-state index in [2.05, 4.69) is 11.3 Å². The zero-order valence-electron chi connectivity index (χ0n) is 8.22. The van der Waals surface area contributed by atoms with E-state index >= 15 is 0 Å². The number of ether oxygens (including phenoxy) is 2. The molecular formula is C11H12O4. The second-order valence-corrected chi connectivity index (χ2v) is 2.26. The number of hydrogen-bond acceptors (Lipinski definition) is 4. The predicted molar refractivity (Wildman–Crippen MR) is 55.7 cm³/mol. The summed E-state index contributed by atoms with van der Waals surface area (Å²) < 4.78 is 9.42. The fourth-order valence-electron chi connectivity index (χ4n) is 0.741. The highest BCUT2D eigenvalue weighted by molar-refractivity contribution is 5.63. The molecule has 1 aromatic carbocycles. The quantitative estimate of drug-likeness (QED) is 0.434. The summed E-state index contributed by atoms with van der Waals surface area (Å²) in [5, 5.41) is 0. The van der Waals surface area contributed by atoms with Crippen LogP contribution in [-0.2, 0) is 9.53 Å². The van der Waals surface area contributed by atoms with Crippen LogP contribution < -0.4 is 4.74 Å². The first-order valence-electron chi connectivity index (χ1n) is 4.12. The second kappa shape index (κ2) is 8.50. The minimum absolute atomic E-state index is 0.158. The minimum Gasteiger partial charge on any atom is -0.430 e. The lowest BCUT2D eigenvalue weighted by Gasteiger charge is -2.02. The van der Waals surface area contributed by atoms with Gasteiger partial charge in [0.15, 0.2) is 0 Å². The Morgan fingerprint density at radius 1 is 1.27 bits per heavy atom. The van der Waals surface area contributed by atoms with Crippen LogP contribution in [0.3, 0.4) is 0 Å². The Labute approximate surface area is 88.1 Å². The van der Waals surface area contributed by atoms with Gasteiger partial charge in [0.1, 0.15) is 19.1 Å². The molecule has 0 radical (unpaired) electrons. The molecule has 0 aliphatic carbocycles. The van der Waals surface area contributed by atoms with Crippen molar-refractivity contribution in [2.75, 3.05) is 6.61 Å². The van der Waals surface area contributed by atoms with Gasteiger partial charge in [-0.15, -0.1) is 0 Å². The average molecular weight is 208 g/mol. The monoisotopic (exact) mass is 208 g/mol. The van der Waals surface area contributed by atoms with E-state index in [1.165, 1.54) is 6.08 Å². The average Bonchev–Trinajstić information content (AvgIpc) is 2.30. The van der Waals surface area contributed by atoms with Gasteiger partial charge in [-0.1, -0.05) is 30.9 Å². The summed E-state index contributed by atoms with van der Waals surface area (Å²) in [5.41, 5.74) is 0. The predicted octanol–water partition coefficient (Wildman–Crippen LogP) is 2.20. The fourth-order valence-corrected chi connectivity index (χ4v) is 0.741. The van der Waals surface area contributed by atoms with Crippen LogP contribution in [0.25, 0.3) is 0 Å². The van der Waals surface area contributed by atoms with Crippen molar-refractivity contribution < 1.29 is 19.1 Å². The molecule has 0 aliphatic rings. The zero-order valence-corrected chi connectivity index (χ0v) is 8.22. The lowest BCUT2D eigenvalue weighted by Crippen LogP contribution is -2.10. The lowest BCUT2D eigenvalue weighted by atomic mass is 10.3. The van der Waals surface area contributed by atoms with Crippen molar-refractivity contribution >= 4 is 12.9 Å². The smallest absolute Gasteiger partial charge is 0.430 e. The molecule has 0 aliphatic heterocycles. The van der Waals surface area contributed by atoms with E-state index in [1.807, 2.05) is 12.9 Å². The molecule has 4 nitrogen and oxygen atoms in total. The van der Waals surface area contributed by atoms with Gasteiger partial charge in [0.05, 0.1) is 0 Å². The van der Waals surface area contributed by atoms with Crippen LogP contribution in [0.5, 0.6) is 5.75 Å². The number of carbonyl (C=O) groups excluding carboxylic acids is 2. The van der Waals surface area contributed by atoms with Crippen molar-refractivity contribution in [2.45, 2.75) is 0 Å². The van der Waals surface area contributed by atoms with Gasteiger partial charge in [0.25, 0.3) is 0 Å². The molecule has 0 heterocycles. The van der Waals surface area contributed by atoms with E-state index in [1.54, 1.807) is 24.3 Å². The molecule has 1 rings (SSSR count). The molecule has 0 saturated heterocycles. The Balaban J connectivity index is 0.000000921. The lowest BCUT2D eigenvalue weighted by molar-refractivity contribution is -0.0979. The van der Waals surface area contributed by atoms with Crippen LogP contribution in [-0.4, -0.2) is 19.6 Å². The van der Waals surface area contributed by atoms with E-state index in [0.29, 0.717) is 5.75 Å². The highest BCUT2D eigenvalue weighted by atomic mass is 16.7. The molecule has 0 aromatic heterocycles. The van der Waals surface area contributed by atoms with E-state index in [-0.39, 0.29) is 6.61 Å². The number of carbonyl (C=O) groups is 2. The van der Waals surface area contributed by atoms with Crippen molar-refractivity contribution in [2.24, 2.45) is 0 Å². The Bertz CT molecular complexity index is 295. The topological polar surface area (TPSA) is 52.6 Å². The Hall–Kier alpha value is -2.10. The number of benzene rings is 1. The molecule has 0 bridgehead atoms. The molecule has 1 aromatic rings. The van der Waals surface area contributed by atoms with Gasteiger partial charge >= 0.3 is 6.16 Å². The molecule has 4 heteroatoms. The summed E-state index contributed by atoms with van der Waals surface area (Å²) in [6.07, 6.45) is 0.762. The molecule has 80 valence electrons. The van der Waals surface area contributed by atoms with Crippen LogP contribution in [0.2, 0.25) is 0 Å². The molecule has 0 N–H and O–H groups in total. The van der Waals surface area contributed by atoms with E-state index < -0.39 is 6.16 Å². The van der Waals surface area contributed by atoms with Gasteiger partial charge in [-0.25, -0.2) is 4.79 Å². The van der Waals surface area contributed by atoms with Gasteiger partial charge < -0.3 is 14.3 Å². The second-order valence-electron chi connectivity index (χ2n) is 2.26. The summed E-state index contributed by atoms with van der Waals surface area (Å²) >= 11 is 0. The summed E-state index contributed by atoms with van der Waals surface area (Å²) in [6.45, 7) is 5.57. The highest BCUT2D eigenvalue weighted by Gasteiger charge is 2.02. The van der Waals surface area contributed by atoms with Gasteiger partial charge in [-0.3, -0.25) is 0 Å². The van der Waals surface area contributed by atoms with E-state index in [4.69, 9.17) is 9.53 Å². The minimum atomic E-state index is -0.717. The summed E-state index contributed by atoms with van der Waals surface area (Å²) in [5.74, 6) is 0.469. The Morgan fingerprint density at radius 3 is 2.40 bits per heavy atom. The molecule has 0 spiro atoms. The van der Waals surface area contributed by atoms with Gasteiger partial charge in [-0.2, -0.15) is 0 Å². The normalized spacial score (nSPS) is 8.00. The molecule has 15 heavy (non-hydrogen) atoms. The van der Waals surface area contributed by atoms with E-state index in [9.17, 15) is 4.79 Å². The Morgan fingerprint density at radius 2 is 1.87 bits per heavy atom. The van der Waals surface area contributed by atoms with Gasteiger partial charge in [0, 0.05) is 0 Å². The third kappa shape index (κ3) is 6.04. The maximum Gasteiger partial charge on any atom is 0.514 e. The first kappa shape index (κ1) is 12.9. The number of para-hydroxylation sites is 1. The largest absolute Gasteiger partial charge is 0.514 e. The highest BCUT2D eigenvalue weighted by Crippen LogP contribution is 2.08. The third-order valence-corrected chi connectivity index (χ3v) is 1.26. The van der Waals surface area contributed by atoms with Crippen molar-refractivity contribution in [1.29, 1.82) is 0 Å². The first-order valence-corrected chi connectivity index (χ1v) is 4.12. The maximum atomic E-state index is 10.9. The maximum absolute atomic E-state index is 10.9. The molecular weight excluding hydrogens is 196 g/mol. The van der Waals surface area contributed by atoms with Crippen LogP contribution in [0, 0.1) is 0 Å². The van der Waals surface area contributed by atoms with Crippen molar-refractivity contribution in [3.05, 3.63) is 43.0 Å². The van der Waals surface area contributed by atoms with Crippen molar-refractivity contribution in [3.8, 4) is 5.75 Å². The van der Waals surface area contributed by atoms with Crippen LogP contribution in [0.4, 0.5) is 4.79 Å². The van der Waals surface area contributed by atoms with Gasteiger partial charge in [-0.05, 0) is 12.1 Å².